The Balaban J connectivity index is 1.91. The lowest BCUT2D eigenvalue weighted by molar-refractivity contribution is -0.118. The Morgan fingerprint density at radius 1 is 1.32 bits per heavy atom. The van der Waals surface area contributed by atoms with Crippen LogP contribution in [-0.2, 0) is 15.6 Å². The molecule has 0 fully saturated rings. The molecule has 0 aliphatic carbocycles. The van der Waals surface area contributed by atoms with Gasteiger partial charge in [-0.2, -0.15) is 0 Å². The van der Waals surface area contributed by atoms with Crippen LogP contribution in [0.5, 0.6) is 5.75 Å². The quantitative estimate of drug-likeness (QED) is 0.659. The van der Waals surface area contributed by atoms with Crippen molar-refractivity contribution in [3.8, 4) is 5.75 Å². The Labute approximate surface area is 134 Å². The minimum atomic E-state index is -1.67. The predicted octanol–water partition coefficient (Wildman–Crippen LogP) is 3.97. The van der Waals surface area contributed by atoms with Gasteiger partial charge in [0.15, 0.2) is 14.9 Å². The van der Waals surface area contributed by atoms with Crippen molar-refractivity contribution < 1.29 is 14.0 Å². The molecular formula is C17H27NO3Si. The van der Waals surface area contributed by atoms with Gasteiger partial charge in [0.25, 0.3) is 5.91 Å². The number of carbonyl (C=O) groups is 1. The van der Waals surface area contributed by atoms with Crippen LogP contribution in [0.15, 0.2) is 18.2 Å². The van der Waals surface area contributed by atoms with Crippen LogP contribution < -0.4 is 10.1 Å². The van der Waals surface area contributed by atoms with Gasteiger partial charge in [-0.15, -0.1) is 0 Å². The molecule has 2 rings (SSSR count). The number of ether oxygens (including phenoxy) is 1. The molecule has 1 aromatic rings. The van der Waals surface area contributed by atoms with Crippen molar-refractivity contribution in [3.05, 3.63) is 23.8 Å². The van der Waals surface area contributed by atoms with E-state index < -0.39 is 8.32 Å². The van der Waals surface area contributed by atoms with Crippen LogP contribution in [0, 0.1) is 0 Å². The van der Waals surface area contributed by atoms with E-state index in [0.717, 1.165) is 36.4 Å². The highest BCUT2D eigenvalue weighted by molar-refractivity contribution is 6.74. The summed E-state index contributed by atoms with van der Waals surface area (Å²) in [6, 6.07) is 5.89. The van der Waals surface area contributed by atoms with Crippen LogP contribution >= 0.6 is 0 Å². The van der Waals surface area contributed by atoms with Gasteiger partial charge in [0.2, 0.25) is 0 Å². The van der Waals surface area contributed by atoms with Gasteiger partial charge < -0.3 is 14.5 Å². The number of aryl methyl sites for hydroxylation is 1. The topological polar surface area (TPSA) is 47.6 Å². The summed E-state index contributed by atoms with van der Waals surface area (Å²) in [6.07, 6.45) is 1.86. The van der Waals surface area contributed by atoms with E-state index in [1.165, 1.54) is 0 Å². The van der Waals surface area contributed by atoms with Crippen LogP contribution in [0.3, 0.4) is 0 Å². The minimum Gasteiger partial charge on any atom is -0.481 e. The molecule has 1 amide bonds. The Morgan fingerprint density at radius 2 is 2.05 bits per heavy atom. The van der Waals surface area contributed by atoms with Crippen LogP contribution in [0.25, 0.3) is 0 Å². The highest BCUT2D eigenvalue weighted by atomic mass is 28.4. The maximum Gasteiger partial charge on any atom is 0.262 e. The molecule has 22 heavy (non-hydrogen) atoms. The van der Waals surface area contributed by atoms with E-state index in [9.17, 15) is 4.79 Å². The third kappa shape index (κ3) is 3.90. The lowest BCUT2D eigenvalue weighted by Crippen LogP contribution is -2.41. The number of hydrogen-bond donors (Lipinski definition) is 1. The van der Waals surface area contributed by atoms with Crippen LogP contribution in [0.1, 0.15) is 32.8 Å². The second-order valence-electron chi connectivity index (χ2n) is 7.34. The summed E-state index contributed by atoms with van der Waals surface area (Å²) in [5.41, 5.74) is 1.91. The number of para-hydroxylation sites is 1. The first-order chi connectivity index (χ1) is 10.2. The fourth-order valence-corrected chi connectivity index (χ4v) is 3.27. The van der Waals surface area contributed by atoms with E-state index in [4.69, 9.17) is 9.16 Å². The second kappa shape index (κ2) is 6.42. The van der Waals surface area contributed by atoms with E-state index >= 15 is 0 Å². The zero-order valence-corrected chi connectivity index (χ0v) is 15.3. The molecule has 1 heterocycles. The Morgan fingerprint density at radius 3 is 2.73 bits per heavy atom. The molecule has 0 unspecified atom stereocenters. The molecule has 0 radical (unpaired) electrons. The molecule has 1 aromatic carbocycles. The Hall–Kier alpha value is -1.33. The predicted molar refractivity (Wildman–Crippen MR) is 92.0 cm³/mol. The zero-order chi connectivity index (χ0) is 16.4. The van der Waals surface area contributed by atoms with Crippen molar-refractivity contribution in [2.45, 2.75) is 51.7 Å². The first-order valence-electron chi connectivity index (χ1n) is 7.89. The van der Waals surface area contributed by atoms with E-state index in [1.54, 1.807) is 0 Å². The largest absolute Gasteiger partial charge is 0.481 e. The number of fused-ring (bicyclic) bond motifs is 1. The summed E-state index contributed by atoms with van der Waals surface area (Å²) >= 11 is 0. The number of benzene rings is 1. The Kier molecular flexibility index (Phi) is 4.97. The number of amides is 1. The summed E-state index contributed by atoms with van der Waals surface area (Å²) in [7, 11) is -1.67. The van der Waals surface area contributed by atoms with Crippen LogP contribution in [0.4, 0.5) is 5.69 Å². The van der Waals surface area contributed by atoms with Crippen molar-refractivity contribution in [3.63, 3.8) is 0 Å². The molecule has 5 heteroatoms. The molecular weight excluding hydrogens is 294 g/mol. The van der Waals surface area contributed by atoms with Gasteiger partial charge in [0.1, 0.15) is 5.75 Å². The number of rotatable bonds is 5. The third-order valence-corrected chi connectivity index (χ3v) is 9.12. The highest BCUT2D eigenvalue weighted by Gasteiger charge is 2.36. The molecule has 0 saturated heterocycles. The fourth-order valence-electron chi connectivity index (χ4n) is 2.18. The number of nitrogens with one attached hydrogen (secondary N) is 1. The summed E-state index contributed by atoms with van der Waals surface area (Å²) in [6.45, 7) is 12.2. The van der Waals surface area contributed by atoms with Gasteiger partial charge in [-0.3, -0.25) is 4.79 Å². The first kappa shape index (κ1) is 17.0. The second-order valence-corrected chi connectivity index (χ2v) is 12.2. The highest BCUT2D eigenvalue weighted by Crippen LogP contribution is 2.37. The lowest BCUT2D eigenvalue weighted by Gasteiger charge is -2.36. The van der Waals surface area contributed by atoms with Gasteiger partial charge >= 0.3 is 0 Å². The van der Waals surface area contributed by atoms with Crippen LogP contribution in [0.2, 0.25) is 18.1 Å². The first-order valence-corrected chi connectivity index (χ1v) is 10.8. The lowest BCUT2D eigenvalue weighted by atomic mass is 10.1. The van der Waals surface area contributed by atoms with Crippen molar-refractivity contribution in [1.82, 2.24) is 0 Å². The average Bonchev–Trinajstić information content (AvgIpc) is 2.42. The third-order valence-electron chi connectivity index (χ3n) is 4.58. The minimum absolute atomic E-state index is 0.0917. The standard InChI is InChI=1S/C17H27NO3Si/c1-17(2,3)22(4,5)21-11-7-9-13-8-6-10-14-16(13)20-12-15(19)18-14/h6,8,10H,7,9,11-12H2,1-5H3,(H,18,19). The number of carbonyl (C=O) groups excluding carboxylic acids is 1. The molecule has 1 aliphatic rings. The summed E-state index contributed by atoms with van der Waals surface area (Å²) in [5.74, 6) is 0.723. The molecule has 0 atom stereocenters. The number of hydrogen-bond acceptors (Lipinski definition) is 3. The fraction of sp³-hybridized carbons (Fsp3) is 0.588. The van der Waals surface area contributed by atoms with Gasteiger partial charge in [-0.1, -0.05) is 32.9 Å². The molecule has 0 bridgehead atoms. The summed E-state index contributed by atoms with van der Waals surface area (Å²) < 4.78 is 11.8. The molecule has 0 saturated carbocycles. The van der Waals surface area contributed by atoms with Gasteiger partial charge in [-0.05, 0) is 42.6 Å². The number of anilines is 1. The molecule has 1 aliphatic heterocycles. The SMILES string of the molecule is CC(C)(C)[Si](C)(C)OCCCc1cccc2c1OCC(=O)N2. The maximum atomic E-state index is 11.4. The zero-order valence-electron chi connectivity index (χ0n) is 14.3. The molecule has 0 aromatic heterocycles. The van der Waals surface area contributed by atoms with Gasteiger partial charge in [-0.25, -0.2) is 0 Å². The smallest absolute Gasteiger partial charge is 0.262 e. The van der Waals surface area contributed by atoms with E-state index in [-0.39, 0.29) is 17.6 Å². The van der Waals surface area contributed by atoms with Crippen molar-refractivity contribution in [2.75, 3.05) is 18.5 Å². The van der Waals surface area contributed by atoms with Gasteiger partial charge in [0, 0.05) is 6.61 Å². The van der Waals surface area contributed by atoms with E-state index in [1.807, 2.05) is 12.1 Å². The van der Waals surface area contributed by atoms with Gasteiger partial charge in [0.05, 0.1) is 5.69 Å². The monoisotopic (exact) mass is 321 g/mol. The molecule has 4 nitrogen and oxygen atoms in total. The average molecular weight is 321 g/mol. The van der Waals surface area contributed by atoms with E-state index in [0.29, 0.717) is 0 Å². The van der Waals surface area contributed by atoms with Crippen molar-refractivity contribution >= 4 is 19.9 Å². The molecule has 1 N–H and O–H groups in total. The summed E-state index contributed by atoms with van der Waals surface area (Å²) in [4.78, 5) is 11.4. The van der Waals surface area contributed by atoms with Crippen molar-refractivity contribution in [2.24, 2.45) is 0 Å². The summed E-state index contributed by atoms with van der Waals surface area (Å²) in [5, 5.41) is 3.09. The molecule has 122 valence electrons. The Bertz CT molecular complexity index is 549. The van der Waals surface area contributed by atoms with Crippen LogP contribution in [-0.4, -0.2) is 27.4 Å². The molecule has 0 spiro atoms. The normalized spacial score (nSPS) is 15.0. The van der Waals surface area contributed by atoms with E-state index in [2.05, 4.69) is 45.2 Å². The maximum absolute atomic E-state index is 11.4. The van der Waals surface area contributed by atoms with Crippen molar-refractivity contribution in [1.29, 1.82) is 0 Å².